The van der Waals surface area contributed by atoms with Gasteiger partial charge in [0.05, 0.1) is 0 Å². The van der Waals surface area contributed by atoms with Crippen LogP contribution < -0.4 is 0 Å². The molecule has 0 radical (unpaired) electrons. The van der Waals surface area contributed by atoms with Crippen LogP contribution >= 0.6 is 13.5 Å². The van der Waals surface area contributed by atoms with Crippen LogP contribution in [0.5, 0.6) is 0 Å². The Hall–Kier alpha value is -0.250. The molecule has 0 aliphatic heterocycles. The van der Waals surface area contributed by atoms with Crippen molar-refractivity contribution in [3.8, 4) is 0 Å². The van der Waals surface area contributed by atoms with Gasteiger partial charge in [0, 0.05) is 14.2 Å². The van der Waals surface area contributed by atoms with Crippen molar-refractivity contribution in [3.63, 3.8) is 0 Å². The lowest BCUT2D eigenvalue weighted by Crippen LogP contribution is -0.661. The number of rotatable bonds is 0. The van der Waals surface area contributed by atoms with E-state index in [0.29, 0.717) is 0 Å². The summed E-state index contributed by atoms with van der Waals surface area (Å²) in [4.78, 5) is 0. The molecule has 0 bridgehead atoms. The van der Waals surface area contributed by atoms with Gasteiger partial charge in [0.2, 0.25) is 0 Å². The molecule has 0 amide bonds. The van der Waals surface area contributed by atoms with Crippen LogP contribution in [-0.2, 0) is 0 Å². The maximum atomic E-state index is 3.50. The Morgan fingerprint density at radius 3 is 1.00 bits per heavy atom. The second kappa shape index (κ2) is 1.11. The molecule has 1 aromatic rings. The van der Waals surface area contributed by atoms with E-state index in [1.54, 1.807) is 0 Å². The van der Waals surface area contributed by atoms with Crippen LogP contribution in [0.2, 0.25) is 0 Å². The minimum atomic E-state index is 0. The van der Waals surface area contributed by atoms with Gasteiger partial charge in [0.1, 0.15) is 0 Å². The smallest absolute Gasteiger partial charge is 0 e. The van der Waals surface area contributed by atoms with Crippen LogP contribution in [0, 0.1) is 0 Å². The van der Waals surface area contributed by atoms with Crippen molar-refractivity contribution in [1.82, 2.24) is 0 Å². The summed E-state index contributed by atoms with van der Waals surface area (Å²) in [7, 11) is 0. The number of hydrogen-bond donors (Lipinski definition) is 0. The Morgan fingerprint density at radius 1 is 0.750 bits per heavy atom. The van der Waals surface area contributed by atoms with Gasteiger partial charge in [-0.25, -0.2) is 0 Å². The van der Waals surface area contributed by atoms with E-state index in [9.17, 15) is 0 Å². The van der Waals surface area contributed by atoms with Crippen molar-refractivity contribution in [3.05, 3.63) is 0 Å². The van der Waals surface area contributed by atoms with Crippen LogP contribution in [0.1, 0.15) is 0 Å². The lowest BCUT2D eigenvalue weighted by atomic mass is 15.2. The molecule has 0 aromatic carbocycles. The van der Waals surface area contributed by atoms with E-state index in [-0.39, 0.29) is 13.5 Å². The fraction of sp³-hybridized carbons (Fsp3) is 0. The fourth-order valence-corrected chi connectivity index (χ4v) is 0. The minimum absolute atomic E-state index is 0. The maximum absolute atomic E-state index is 3.50. The number of hydrogen-bond acceptors (Lipinski definition) is 3. The highest BCUT2D eigenvalue weighted by Gasteiger charge is 1.63. The summed E-state index contributed by atoms with van der Waals surface area (Å²) in [6.07, 6.45) is 0. The lowest BCUT2D eigenvalue weighted by Gasteiger charge is -0.816. The van der Waals surface area contributed by atoms with Gasteiger partial charge in [-0.15, -0.1) is 0 Å². The second-order valence-electron chi connectivity index (χ2n) is 0.204. The molecule has 0 unspecified atom stereocenters. The molecule has 0 atom stereocenters. The summed E-state index contributed by atoms with van der Waals surface area (Å²) in [5.41, 5.74) is 0. The summed E-state index contributed by atoms with van der Waals surface area (Å²) >= 11 is 0. The molecule has 1 aromatic heterocycles. The van der Waals surface area contributed by atoms with Crippen LogP contribution in [0.3, 0.4) is 0 Å². The highest BCUT2D eigenvalue weighted by Crippen LogP contribution is 1.79. The monoisotopic (exact) mass is 82.0 g/mol. The third kappa shape index (κ3) is 1.75. The van der Waals surface area contributed by atoms with Crippen LogP contribution in [0.25, 0.3) is 0 Å². The Balaban J connectivity index is 0.0000000900. The van der Waals surface area contributed by atoms with Crippen molar-refractivity contribution in [1.29, 1.82) is 0 Å². The van der Waals surface area contributed by atoms with Gasteiger partial charge in [-0.1, -0.05) is 0 Å². The van der Waals surface area contributed by atoms with Gasteiger partial charge >= 0.3 is 0 Å². The summed E-state index contributed by atoms with van der Waals surface area (Å²) in [5, 5.41) is 0. The van der Waals surface area contributed by atoms with Crippen LogP contribution in [0.15, 0.2) is 14.2 Å². The van der Waals surface area contributed by atoms with Crippen molar-refractivity contribution < 1.29 is 14.2 Å². The molecule has 0 saturated carbocycles. The minimum Gasteiger partial charge on any atom is -0.197 e. The molecule has 0 aliphatic rings. The normalized spacial score (nSPS) is 6.00. The largest absolute Gasteiger partial charge is 0.197 e. The SMILES string of the molecule is S.o1oo1. The highest BCUT2D eigenvalue weighted by atomic mass is 32.1. The third-order valence-electron chi connectivity index (χ3n) is 0.0680. The van der Waals surface area contributed by atoms with E-state index in [0.717, 1.165) is 0 Å². The third-order valence-corrected chi connectivity index (χ3v) is 0.0680. The Bertz CT molecular complexity index is 31.4. The van der Waals surface area contributed by atoms with E-state index in [2.05, 4.69) is 14.2 Å². The standard InChI is InChI=1S/O3.H2S/c1-2-3-1;/h;1H2. The zero-order chi connectivity index (χ0) is 2.12. The fourth-order valence-electron chi connectivity index (χ4n) is 0. The molecule has 4 heteroatoms. The molecule has 1 heterocycles. The van der Waals surface area contributed by atoms with Gasteiger partial charge < -0.3 is 0 Å². The topological polar surface area (TPSA) is 39.4 Å². The van der Waals surface area contributed by atoms with E-state index >= 15 is 0 Å². The molecule has 0 N–H and O–H groups in total. The molecule has 0 aliphatic carbocycles. The highest BCUT2D eigenvalue weighted by molar-refractivity contribution is 7.59. The maximum Gasteiger partial charge on any atom is 0 e. The van der Waals surface area contributed by atoms with Crippen LogP contribution in [0.4, 0.5) is 0 Å². The zero-order valence-electron chi connectivity index (χ0n) is 1.72. The molecule has 26 valence electrons. The van der Waals surface area contributed by atoms with Gasteiger partial charge in [0.15, 0.2) is 0 Å². The molecule has 3 nitrogen and oxygen atoms in total. The predicted octanol–water partition coefficient (Wildman–Crippen LogP) is 0.578. The van der Waals surface area contributed by atoms with Gasteiger partial charge in [-0.2, -0.15) is 13.5 Å². The summed E-state index contributed by atoms with van der Waals surface area (Å²) in [6.45, 7) is 0. The molecule has 0 saturated heterocycles. The average molecular weight is 82.1 g/mol. The van der Waals surface area contributed by atoms with Gasteiger partial charge in [-0.3, -0.25) is 0 Å². The lowest BCUT2D eigenvalue weighted by molar-refractivity contribution is 0.264. The van der Waals surface area contributed by atoms with Gasteiger partial charge in [0.25, 0.3) is 0 Å². The Kier molecular flexibility index (Phi) is 1.04. The van der Waals surface area contributed by atoms with Gasteiger partial charge in [-0.05, 0) is 0 Å². The molecule has 4 heavy (non-hydrogen) atoms. The first-order valence-electron chi connectivity index (χ1n) is 0.500. The first-order valence-corrected chi connectivity index (χ1v) is 0.500. The summed E-state index contributed by atoms with van der Waals surface area (Å²) < 4.78 is 10.5. The quantitative estimate of drug-likeness (QED) is 0.430. The first-order chi connectivity index (χ1) is 1.50. The molecular weight excluding hydrogens is 80.1 g/mol. The molecule has 1 rings (SSSR count). The van der Waals surface area contributed by atoms with Crippen LogP contribution in [-0.4, -0.2) is 0 Å². The van der Waals surface area contributed by atoms with E-state index in [1.807, 2.05) is 0 Å². The molecule has 0 spiro atoms. The molecule has 0 fully saturated rings. The zero-order valence-corrected chi connectivity index (χ0v) is 2.72. The predicted molar refractivity (Wildman–Crippen MR) is 13.6 cm³/mol. The summed E-state index contributed by atoms with van der Waals surface area (Å²) in [5.74, 6) is 0. The average Bonchev–Trinajstić information content (AvgIpc) is 1.46. The van der Waals surface area contributed by atoms with Crippen molar-refractivity contribution in [2.45, 2.75) is 0 Å². The Morgan fingerprint density at radius 2 is 1.00 bits per heavy atom. The second-order valence-corrected chi connectivity index (χ2v) is 0.204. The van der Waals surface area contributed by atoms with Crippen molar-refractivity contribution in [2.24, 2.45) is 0 Å². The van der Waals surface area contributed by atoms with Crippen molar-refractivity contribution in [2.75, 3.05) is 0 Å². The van der Waals surface area contributed by atoms with Crippen molar-refractivity contribution >= 4 is 13.5 Å². The first kappa shape index (κ1) is 3.75. The van der Waals surface area contributed by atoms with E-state index in [4.69, 9.17) is 0 Å². The molecular formula is H2O3S. The Labute approximate surface area is 28.8 Å². The van der Waals surface area contributed by atoms with E-state index in [1.165, 1.54) is 0 Å². The van der Waals surface area contributed by atoms with E-state index < -0.39 is 0 Å². The summed E-state index contributed by atoms with van der Waals surface area (Å²) in [6, 6.07) is 0.